The van der Waals surface area contributed by atoms with Crippen molar-refractivity contribution in [1.29, 1.82) is 0 Å². The standard InChI is InChI=1S/C8H12N4O2/c9-11-6-3-7(13)10-8(14)12(6)4-5-1-2-5/h3,5,11H,1-2,4,9H2,(H,10,13,14). The molecule has 6 nitrogen and oxygen atoms in total. The third-order valence-corrected chi connectivity index (χ3v) is 2.32. The molecule has 0 bridgehead atoms. The van der Waals surface area contributed by atoms with Gasteiger partial charge in [0.15, 0.2) is 0 Å². The highest BCUT2D eigenvalue weighted by Crippen LogP contribution is 2.30. The molecule has 14 heavy (non-hydrogen) atoms. The van der Waals surface area contributed by atoms with Crippen LogP contribution in [0.5, 0.6) is 0 Å². The van der Waals surface area contributed by atoms with Crippen molar-refractivity contribution in [3.05, 3.63) is 26.9 Å². The number of aromatic nitrogens is 2. The summed E-state index contributed by atoms with van der Waals surface area (Å²) in [5.41, 5.74) is 1.51. The van der Waals surface area contributed by atoms with Gasteiger partial charge >= 0.3 is 5.69 Å². The average Bonchev–Trinajstić information content (AvgIpc) is 2.93. The van der Waals surface area contributed by atoms with Crippen LogP contribution in [0.2, 0.25) is 0 Å². The van der Waals surface area contributed by atoms with Gasteiger partial charge in [0.05, 0.1) is 0 Å². The van der Waals surface area contributed by atoms with E-state index in [-0.39, 0.29) is 0 Å². The van der Waals surface area contributed by atoms with Crippen molar-refractivity contribution >= 4 is 5.82 Å². The molecule has 76 valence electrons. The lowest BCUT2D eigenvalue weighted by atomic mass is 10.4. The van der Waals surface area contributed by atoms with Gasteiger partial charge in [-0.1, -0.05) is 0 Å². The maximum absolute atomic E-state index is 11.4. The predicted octanol–water partition coefficient (Wildman–Crippen LogP) is -0.768. The van der Waals surface area contributed by atoms with E-state index in [4.69, 9.17) is 5.84 Å². The topological polar surface area (TPSA) is 92.9 Å². The minimum absolute atomic E-state index is 0.366. The zero-order valence-electron chi connectivity index (χ0n) is 7.62. The van der Waals surface area contributed by atoms with Crippen LogP contribution < -0.4 is 22.5 Å². The number of hydrogen-bond donors (Lipinski definition) is 3. The number of aromatic amines is 1. The molecule has 1 aliphatic rings. The fraction of sp³-hybridized carbons (Fsp3) is 0.500. The lowest BCUT2D eigenvalue weighted by molar-refractivity contribution is 0.595. The summed E-state index contributed by atoms with van der Waals surface area (Å²) >= 11 is 0. The molecule has 1 aromatic heterocycles. The van der Waals surface area contributed by atoms with Crippen LogP contribution >= 0.6 is 0 Å². The summed E-state index contributed by atoms with van der Waals surface area (Å²) in [6, 6.07) is 1.28. The number of hydrazine groups is 1. The van der Waals surface area contributed by atoms with Crippen molar-refractivity contribution in [2.75, 3.05) is 5.43 Å². The van der Waals surface area contributed by atoms with E-state index >= 15 is 0 Å². The van der Waals surface area contributed by atoms with Gasteiger partial charge < -0.3 is 5.43 Å². The Morgan fingerprint density at radius 2 is 2.29 bits per heavy atom. The molecule has 2 rings (SSSR count). The lowest BCUT2D eigenvalue weighted by Gasteiger charge is -2.09. The fourth-order valence-electron chi connectivity index (χ4n) is 1.38. The highest BCUT2D eigenvalue weighted by Gasteiger charge is 2.23. The first-order chi connectivity index (χ1) is 6.70. The Labute approximate surface area is 79.7 Å². The van der Waals surface area contributed by atoms with Crippen LogP contribution in [-0.4, -0.2) is 9.55 Å². The molecular weight excluding hydrogens is 184 g/mol. The van der Waals surface area contributed by atoms with Gasteiger partial charge in [-0.25, -0.2) is 10.6 Å². The number of nitrogens with zero attached hydrogens (tertiary/aromatic N) is 1. The highest BCUT2D eigenvalue weighted by molar-refractivity contribution is 5.31. The first-order valence-electron chi connectivity index (χ1n) is 4.51. The molecule has 0 saturated heterocycles. The predicted molar refractivity (Wildman–Crippen MR) is 51.9 cm³/mol. The molecule has 0 atom stereocenters. The second-order valence-corrected chi connectivity index (χ2v) is 3.52. The van der Waals surface area contributed by atoms with Gasteiger partial charge in [0.2, 0.25) is 0 Å². The molecule has 1 fully saturated rings. The summed E-state index contributed by atoms with van der Waals surface area (Å²) in [6.45, 7) is 0.620. The van der Waals surface area contributed by atoms with Crippen LogP contribution in [0.1, 0.15) is 12.8 Å². The number of nitrogens with two attached hydrogens (primary N) is 1. The lowest BCUT2D eigenvalue weighted by Crippen LogP contribution is -2.33. The molecule has 0 unspecified atom stereocenters. The number of nitrogen functional groups attached to an aromatic ring is 1. The Morgan fingerprint density at radius 3 is 2.86 bits per heavy atom. The molecule has 1 aliphatic carbocycles. The minimum Gasteiger partial charge on any atom is -0.310 e. The third-order valence-electron chi connectivity index (χ3n) is 2.32. The average molecular weight is 196 g/mol. The molecule has 0 amide bonds. The van der Waals surface area contributed by atoms with Crippen LogP contribution in [0.4, 0.5) is 5.82 Å². The smallest absolute Gasteiger partial charge is 0.310 e. The van der Waals surface area contributed by atoms with E-state index < -0.39 is 11.2 Å². The van der Waals surface area contributed by atoms with Crippen molar-refractivity contribution in [1.82, 2.24) is 9.55 Å². The molecule has 0 aromatic carbocycles. The highest BCUT2D eigenvalue weighted by atomic mass is 16.2. The van der Waals surface area contributed by atoms with E-state index in [0.717, 1.165) is 12.8 Å². The van der Waals surface area contributed by atoms with Crippen LogP contribution in [0.25, 0.3) is 0 Å². The minimum atomic E-state index is -0.435. The van der Waals surface area contributed by atoms with Crippen molar-refractivity contribution in [3.8, 4) is 0 Å². The summed E-state index contributed by atoms with van der Waals surface area (Å²) in [6.07, 6.45) is 2.27. The first kappa shape index (κ1) is 9.01. The SMILES string of the molecule is NNc1cc(=O)[nH]c(=O)n1CC1CC1. The molecular formula is C8H12N4O2. The van der Waals surface area contributed by atoms with E-state index in [9.17, 15) is 9.59 Å². The Kier molecular flexibility index (Phi) is 2.12. The first-order valence-corrected chi connectivity index (χ1v) is 4.51. The van der Waals surface area contributed by atoms with E-state index in [1.807, 2.05) is 0 Å². The largest absolute Gasteiger partial charge is 0.329 e. The second-order valence-electron chi connectivity index (χ2n) is 3.52. The summed E-state index contributed by atoms with van der Waals surface area (Å²) in [5.74, 6) is 6.14. The Bertz CT molecular complexity index is 443. The second kappa shape index (κ2) is 3.30. The maximum atomic E-state index is 11.4. The van der Waals surface area contributed by atoms with Gasteiger partial charge in [-0.05, 0) is 18.8 Å². The van der Waals surface area contributed by atoms with Gasteiger partial charge in [-0.3, -0.25) is 14.3 Å². The molecule has 0 spiro atoms. The van der Waals surface area contributed by atoms with Crippen LogP contribution in [0.3, 0.4) is 0 Å². The van der Waals surface area contributed by atoms with Gasteiger partial charge in [-0.2, -0.15) is 0 Å². The van der Waals surface area contributed by atoms with Gasteiger partial charge in [-0.15, -0.1) is 0 Å². The van der Waals surface area contributed by atoms with E-state index in [1.165, 1.54) is 10.6 Å². The normalized spacial score (nSPS) is 15.5. The quantitative estimate of drug-likeness (QED) is 0.437. The van der Waals surface area contributed by atoms with Crippen molar-refractivity contribution in [2.45, 2.75) is 19.4 Å². The molecule has 0 radical (unpaired) electrons. The molecule has 1 saturated carbocycles. The molecule has 0 aliphatic heterocycles. The van der Waals surface area contributed by atoms with Gasteiger partial charge in [0.1, 0.15) is 5.82 Å². The Hall–Kier alpha value is -1.56. The van der Waals surface area contributed by atoms with Gasteiger partial charge in [0.25, 0.3) is 5.56 Å². The number of hydrogen-bond acceptors (Lipinski definition) is 4. The Balaban J connectivity index is 2.43. The molecule has 6 heteroatoms. The molecule has 4 N–H and O–H groups in total. The number of anilines is 1. The summed E-state index contributed by atoms with van der Waals surface area (Å²) in [7, 11) is 0. The summed E-state index contributed by atoms with van der Waals surface area (Å²) in [5, 5.41) is 0. The van der Waals surface area contributed by atoms with Crippen molar-refractivity contribution < 1.29 is 0 Å². The van der Waals surface area contributed by atoms with Crippen LogP contribution in [0.15, 0.2) is 15.7 Å². The van der Waals surface area contributed by atoms with Crippen LogP contribution in [0, 0.1) is 5.92 Å². The van der Waals surface area contributed by atoms with Crippen molar-refractivity contribution in [2.24, 2.45) is 11.8 Å². The fourth-order valence-corrected chi connectivity index (χ4v) is 1.38. The number of rotatable bonds is 3. The summed E-state index contributed by atoms with van der Waals surface area (Å²) < 4.78 is 1.46. The monoisotopic (exact) mass is 196 g/mol. The third kappa shape index (κ3) is 1.69. The molecule has 1 heterocycles. The van der Waals surface area contributed by atoms with Gasteiger partial charge in [0, 0.05) is 12.6 Å². The Morgan fingerprint density at radius 1 is 1.57 bits per heavy atom. The van der Waals surface area contributed by atoms with E-state index in [2.05, 4.69) is 10.4 Å². The zero-order valence-corrected chi connectivity index (χ0v) is 7.62. The summed E-state index contributed by atoms with van der Waals surface area (Å²) in [4.78, 5) is 24.6. The molecule has 1 aromatic rings. The van der Waals surface area contributed by atoms with Crippen LogP contribution in [-0.2, 0) is 6.54 Å². The van der Waals surface area contributed by atoms with E-state index in [0.29, 0.717) is 18.3 Å². The van der Waals surface area contributed by atoms with Crippen molar-refractivity contribution in [3.63, 3.8) is 0 Å². The van der Waals surface area contributed by atoms with E-state index in [1.54, 1.807) is 0 Å². The maximum Gasteiger partial charge on any atom is 0.329 e. The number of nitrogens with one attached hydrogen (secondary N) is 2. The zero-order chi connectivity index (χ0) is 10.1. The number of H-pyrrole nitrogens is 1.